The van der Waals surface area contributed by atoms with E-state index < -0.39 is 0 Å². The fourth-order valence-corrected chi connectivity index (χ4v) is 2.97. The summed E-state index contributed by atoms with van der Waals surface area (Å²) in [6.07, 6.45) is 8.56. The Kier molecular flexibility index (Phi) is 3.87. The number of rotatable bonds is 5. The van der Waals surface area contributed by atoms with Crippen LogP contribution in [-0.4, -0.2) is 39.5 Å². The minimum atomic E-state index is 0.577. The van der Waals surface area contributed by atoms with Crippen molar-refractivity contribution >= 4 is 0 Å². The molecule has 4 nitrogen and oxygen atoms in total. The summed E-state index contributed by atoms with van der Waals surface area (Å²) >= 11 is 0. The summed E-state index contributed by atoms with van der Waals surface area (Å²) in [6, 6.07) is 0.577. The van der Waals surface area contributed by atoms with Gasteiger partial charge < -0.3 is 4.90 Å². The molecule has 1 saturated carbocycles. The molecule has 1 aromatic heterocycles. The first kappa shape index (κ1) is 13.1. The summed E-state index contributed by atoms with van der Waals surface area (Å²) in [4.78, 5) is 2.61. The summed E-state index contributed by atoms with van der Waals surface area (Å²) in [7, 11) is 0. The molecular formula is C15H26N4. The van der Waals surface area contributed by atoms with Gasteiger partial charge in [-0.25, -0.2) is 4.68 Å². The number of nitrogens with zero attached hydrogens (tertiary/aromatic N) is 4. The quantitative estimate of drug-likeness (QED) is 0.818. The number of hydrogen-bond acceptors (Lipinski definition) is 3. The molecule has 2 aliphatic rings. The van der Waals surface area contributed by atoms with E-state index >= 15 is 0 Å². The number of likely N-dealkylation sites (tertiary alicyclic amines) is 1. The van der Waals surface area contributed by atoms with E-state index in [1.54, 1.807) is 0 Å². The standard InChI is InChI=1S/C15H26N4/c1-3-12(2)10-18-8-6-14(7-9-18)19-11-15(16-17-19)13-4-5-13/h11-14H,3-10H2,1-2H3. The highest BCUT2D eigenvalue weighted by atomic mass is 15.4. The fourth-order valence-electron chi connectivity index (χ4n) is 2.97. The van der Waals surface area contributed by atoms with Gasteiger partial charge in [-0.15, -0.1) is 5.10 Å². The Morgan fingerprint density at radius 3 is 2.63 bits per heavy atom. The maximum absolute atomic E-state index is 4.35. The minimum Gasteiger partial charge on any atom is -0.303 e. The SMILES string of the molecule is CCC(C)CN1CCC(n2cc(C3CC3)nn2)CC1. The molecule has 1 atom stereocenters. The van der Waals surface area contributed by atoms with Crippen LogP contribution in [0.1, 0.15) is 63.6 Å². The smallest absolute Gasteiger partial charge is 0.0858 e. The molecule has 19 heavy (non-hydrogen) atoms. The van der Waals surface area contributed by atoms with Crippen LogP contribution in [0, 0.1) is 5.92 Å². The second-order valence-corrected chi connectivity index (χ2v) is 6.44. The molecule has 0 amide bonds. The Bertz CT molecular complexity index is 402. The molecule has 4 heteroatoms. The molecule has 1 saturated heterocycles. The third-order valence-corrected chi connectivity index (χ3v) is 4.72. The van der Waals surface area contributed by atoms with Crippen molar-refractivity contribution < 1.29 is 0 Å². The first-order valence-electron chi connectivity index (χ1n) is 7.90. The van der Waals surface area contributed by atoms with Crippen LogP contribution in [0.15, 0.2) is 6.20 Å². The van der Waals surface area contributed by atoms with Gasteiger partial charge in [0, 0.05) is 31.7 Å². The van der Waals surface area contributed by atoms with Crippen molar-refractivity contribution in [1.82, 2.24) is 19.9 Å². The third kappa shape index (κ3) is 3.16. The lowest BCUT2D eigenvalue weighted by atomic mass is 10.0. The minimum absolute atomic E-state index is 0.577. The van der Waals surface area contributed by atoms with E-state index in [-0.39, 0.29) is 0 Å². The topological polar surface area (TPSA) is 34.0 Å². The lowest BCUT2D eigenvalue weighted by Gasteiger charge is -2.33. The van der Waals surface area contributed by atoms with Crippen LogP contribution in [0.3, 0.4) is 0 Å². The van der Waals surface area contributed by atoms with Gasteiger partial charge in [0.25, 0.3) is 0 Å². The van der Waals surface area contributed by atoms with Crippen molar-refractivity contribution in [2.24, 2.45) is 5.92 Å². The predicted octanol–water partition coefficient (Wildman–Crippen LogP) is 2.84. The van der Waals surface area contributed by atoms with Crippen LogP contribution >= 0.6 is 0 Å². The number of aromatic nitrogens is 3. The molecule has 0 N–H and O–H groups in total. The highest BCUT2D eigenvalue weighted by Crippen LogP contribution is 2.39. The predicted molar refractivity (Wildman–Crippen MR) is 76.2 cm³/mol. The molecule has 1 aromatic rings. The van der Waals surface area contributed by atoms with Gasteiger partial charge in [-0.1, -0.05) is 25.5 Å². The summed E-state index contributed by atoms with van der Waals surface area (Å²) in [5.41, 5.74) is 1.22. The van der Waals surface area contributed by atoms with Gasteiger partial charge >= 0.3 is 0 Å². The second kappa shape index (κ2) is 5.61. The van der Waals surface area contributed by atoms with Crippen molar-refractivity contribution in [2.75, 3.05) is 19.6 Å². The molecule has 1 aliphatic carbocycles. The fraction of sp³-hybridized carbons (Fsp3) is 0.867. The van der Waals surface area contributed by atoms with Gasteiger partial charge in [0.15, 0.2) is 0 Å². The van der Waals surface area contributed by atoms with E-state index in [9.17, 15) is 0 Å². The van der Waals surface area contributed by atoms with E-state index in [0.717, 1.165) is 11.8 Å². The second-order valence-electron chi connectivity index (χ2n) is 6.44. The zero-order valence-corrected chi connectivity index (χ0v) is 12.3. The Labute approximate surface area is 116 Å². The van der Waals surface area contributed by atoms with Crippen LogP contribution in [-0.2, 0) is 0 Å². The maximum atomic E-state index is 4.35. The Morgan fingerprint density at radius 1 is 1.26 bits per heavy atom. The van der Waals surface area contributed by atoms with Crippen LogP contribution in [0.4, 0.5) is 0 Å². The normalized spacial score (nSPS) is 23.7. The summed E-state index contributed by atoms with van der Waals surface area (Å²) in [6.45, 7) is 8.33. The third-order valence-electron chi connectivity index (χ3n) is 4.72. The molecule has 1 unspecified atom stereocenters. The zero-order valence-electron chi connectivity index (χ0n) is 12.3. The molecule has 2 fully saturated rings. The van der Waals surface area contributed by atoms with Crippen molar-refractivity contribution in [1.29, 1.82) is 0 Å². The molecule has 0 spiro atoms. The van der Waals surface area contributed by atoms with Crippen molar-refractivity contribution in [3.63, 3.8) is 0 Å². The summed E-state index contributed by atoms with van der Waals surface area (Å²) in [5, 5.41) is 8.68. The van der Waals surface area contributed by atoms with Gasteiger partial charge in [-0.2, -0.15) is 0 Å². The zero-order chi connectivity index (χ0) is 13.2. The van der Waals surface area contributed by atoms with E-state index in [4.69, 9.17) is 0 Å². The number of piperidine rings is 1. The molecule has 0 bridgehead atoms. The Balaban J connectivity index is 1.51. The largest absolute Gasteiger partial charge is 0.303 e. The Hall–Kier alpha value is -0.900. The molecule has 2 heterocycles. The van der Waals surface area contributed by atoms with Gasteiger partial charge in [0.2, 0.25) is 0 Å². The van der Waals surface area contributed by atoms with Gasteiger partial charge in [0.05, 0.1) is 11.7 Å². The number of hydrogen-bond donors (Lipinski definition) is 0. The van der Waals surface area contributed by atoms with Crippen molar-refractivity contribution in [3.8, 4) is 0 Å². The van der Waals surface area contributed by atoms with Crippen LogP contribution in [0.5, 0.6) is 0 Å². The van der Waals surface area contributed by atoms with E-state index in [2.05, 4.69) is 39.9 Å². The lowest BCUT2D eigenvalue weighted by molar-refractivity contribution is 0.159. The maximum Gasteiger partial charge on any atom is 0.0858 e. The summed E-state index contributed by atoms with van der Waals surface area (Å²) in [5.74, 6) is 1.55. The highest BCUT2D eigenvalue weighted by molar-refractivity contribution is 5.09. The first-order valence-corrected chi connectivity index (χ1v) is 7.90. The van der Waals surface area contributed by atoms with Gasteiger partial charge in [-0.3, -0.25) is 0 Å². The van der Waals surface area contributed by atoms with Gasteiger partial charge in [0.1, 0.15) is 0 Å². The van der Waals surface area contributed by atoms with Crippen molar-refractivity contribution in [2.45, 2.75) is 57.9 Å². The van der Waals surface area contributed by atoms with Crippen LogP contribution in [0.2, 0.25) is 0 Å². The molecule has 3 rings (SSSR count). The van der Waals surface area contributed by atoms with Crippen LogP contribution in [0.25, 0.3) is 0 Å². The average Bonchev–Trinajstić information content (AvgIpc) is 3.17. The monoisotopic (exact) mass is 262 g/mol. The van der Waals surface area contributed by atoms with E-state index in [0.29, 0.717) is 6.04 Å². The summed E-state index contributed by atoms with van der Waals surface area (Å²) < 4.78 is 2.13. The molecule has 0 radical (unpaired) electrons. The highest BCUT2D eigenvalue weighted by Gasteiger charge is 2.28. The Morgan fingerprint density at radius 2 is 2.00 bits per heavy atom. The average molecular weight is 262 g/mol. The molecule has 0 aromatic carbocycles. The van der Waals surface area contributed by atoms with E-state index in [1.807, 2.05) is 0 Å². The first-order chi connectivity index (χ1) is 9.26. The van der Waals surface area contributed by atoms with Crippen molar-refractivity contribution in [3.05, 3.63) is 11.9 Å². The van der Waals surface area contributed by atoms with Gasteiger partial charge in [-0.05, 0) is 31.6 Å². The molecule has 106 valence electrons. The lowest BCUT2D eigenvalue weighted by Crippen LogP contribution is -2.37. The molecular weight excluding hydrogens is 236 g/mol. The van der Waals surface area contributed by atoms with Crippen LogP contribution < -0.4 is 0 Å². The van der Waals surface area contributed by atoms with E-state index in [1.165, 1.54) is 57.4 Å². The molecule has 1 aliphatic heterocycles.